The number of hydrazone groups is 1. The normalized spacial score (nSPS) is 15.1. The van der Waals surface area contributed by atoms with Crippen molar-refractivity contribution in [2.75, 3.05) is 5.01 Å². The number of rotatable bonds is 5. The van der Waals surface area contributed by atoms with E-state index in [4.69, 9.17) is 4.42 Å². The molecule has 0 spiro atoms. The van der Waals surface area contributed by atoms with Crippen molar-refractivity contribution in [1.29, 1.82) is 0 Å². The Morgan fingerprint density at radius 2 is 1.71 bits per heavy atom. The van der Waals surface area contributed by atoms with Gasteiger partial charge in [-0.1, -0.05) is 6.07 Å². The van der Waals surface area contributed by atoms with Crippen LogP contribution in [0.1, 0.15) is 30.7 Å². The lowest BCUT2D eigenvalue weighted by Crippen LogP contribution is -2.28. The number of carbonyl (C=O) groups excluding carboxylic acids is 2. The third-order valence-electron chi connectivity index (χ3n) is 5.44. The minimum Gasteiger partial charge on any atom is -0.457 e. The van der Waals surface area contributed by atoms with E-state index in [0.29, 0.717) is 34.1 Å². The largest absolute Gasteiger partial charge is 0.457 e. The molecule has 1 aliphatic heterocycles. The number of hydrogen-bond donors (Lipinski definition) is 1. The van der Waals surface area contributed by atoms with Gasteiger partial charge in [0.2, 0.25) is 5.91 Å². The second kappa shape index (κ2) is 8.75. The highest BCUT2D eigenvalue weighted by Gasteiger charge is 2.29. The minimum atomic E-state index is -3.91. The molecule has 0 atom stereocenters. The molecule has 2 amide bonds. The molecular formula is C25H23N3O5S. The van der Waals surface area contributed by atoms with Gasteiger partial charge in [0.15, 0.2) is 0 Å². The number of benzene rings is 2. The molecule has 0 unspecified atom stereocenters. The Hall–Kier alpha value is -3.98. The number of hydrogen-bond acceptors (Lipinski definition) is 6. The molecule has 0 bridgehead atoms. The zero-order chi connectivity index (χ0) is 24.6. The van der Waals surface area contributed by atoms with Gasteiger partial charge in [0.1, 0.15) is 11.5 Å². The number of amides is 2. The Kier molecular flexibility index (Phi) is 5.97. The van der Waals surface area contributed by atoms with Crippen molar-refractivity contribution in [3.05, 3.63) is 77.1 Å². The quantitative estimate of drug-likeness (QED) is 0.554. The Labute approximate surface area is 197 Å². The van der Waals surface area contributed by atoms with Crippen molar-refractivity contribution in [3.8, 4) is 11.3 Å². The fourth-order valence-electron chi connectivity index (χ4n) is 3.49. The van der Waals surface area contributed by atoms with E-state index < -0.39 is 15.9 Å². The number of aryl methyl sites for hydroxylation is 2. The van der Waals surface area contributed by atoms with Gasteiger partial charge in [-0.05, 0) is 86.5 Å². The van der Waals surface area contributed by atoms with Crippen molar-refractivity contribution in [3.63, 3.8) is 0 Å². The number of nitrogens with one attached hydrogen (secondary N) is 1. The van der Waals surface area contributed by atoms with Gasteiger partial charge in [-0.3, -0.25) is 9.59 Å². The first-order valence-corrected chi connectivity index (χ1v) is 12.0. The number of carbonyl (C=O) groups is 2. The monoisotopic (exact) mass is 477 g/mol. The summed E-state index contributed by atoms with van der Waals surface area (Å²) >= 11 is 0. The first kappa shape index (κ1) is 23.2. The van der Waals surface area contributed by atoms with Crippen LogP contribution in [0.25, 0.3) is 17.4 Å². The fraction of sp³-hybridized carbons (Fsp3) is 0.160. The maximum absolute atomic E-state index is 13.0. The topological polar surface area (TPSA) is 109 Å². The summed E-state index contributed by atoms with van der Waals surface area (Å²) in [5, 5.41) is 5.79. The van der Waals surface area contributed by atoms with Crippen molar-refractivity contribution in [2.24, 2.45) is 5.10 Å². The maximum atomic E-state index is 13.0. The van der Waals surface area contributed by atoms with E-state index >= 15 is 0 Å². The van der Waals surface area contributed by atoms with Gasteiger partial charge in [-0.2, -0.15) is 10.1 Å². The first-order chi connectivity index (χ1) is 16.0. The Bertz CT molecular complexity index is 1460. The van der Waals surface area contributed by atoms with Crippen molar-refractivity contribution in [2.45, 2.75) is 32.6 Å². The van der Waals surface area contributed by atoms with E-state index in [1.807, 2.05) is 36.8 Å². The van der Waals surface area contributed by atoms with Crippen molar-refractivity contribution < 1.29 is 22.4 Å². The van der Waals surface area contributed by atoms with E-state index in [2.05, 4.69) is 5.10 Å². The second-order valence-electron chi connectivity index (χ2n) is 8.02. The summed E-state index contributed by atoms with van der Waals surface area (Å²) in [4.78, 5) is 24.1. The number of anilines is 1. The SMILES string of the molecule is CC(=O)NS(=O)(=O)c1ccc(-c2ccc(/C=C3\C(=O)N(c4ccc(C)c(C)c4)N=C3C)o2)cc1. The van der Waals surface area contributed by atoms with Crippen LogP contribution in [0, 0.1) is 13.8 Å². The van der Waals surface area contributed by atoms with Crippen LogP contribution in [0.4, 0.5) is 5.69 Å². The van der Waals surface area contributed by atoms with Crippen molar-refractivity contribution >= 4 is 39.3 Å². The molecule has 4 rings (SSSR count). The summed E-state index contributed by atoms with van der Waals surface area (Å²) in [7, 11) is -3.91. The molecule has 2 heterocycles. The fourth-order valence-corrected chi connectivity index (χ4v) is 4.48. The summed E-state index contributed by atoms with van der Waals surface area (Å²) in [6.07, 6.45) is 1.64. The molecule has 0 radical (unpaired) electrons. The number of furan rings is 1. The van der Waals surface area contributed by atoms with E-state index in [1.54, 1.807) is 37.3 Å². The molecule has 0 fully saturated rings. The van der Waals surface area contributed by atoms with Crippen LogP contribution in [0.2, 0.25) is 0 Å². The van der Waals surface area contributed by atoms with Gasteiger partial charge >= 0.3 is 0 Å². The van der Waals surface area contributed by atoms with Crippen LogP contribution >= 0.6 is 0 Å². The van der Waals surface area contributed by atoms with E-state index in [9.17, 15) is 18.0 Å². The molecule has 1 N–H and O–H groups in total. The first-order valence-electron chi connectivity index (χ1n) is 10.5. The Morgan fingerprint density at radius 3 is 2.35 bits per heavy atom. The predicted octanol–water partition coefficient (Wildman–Crippen LogP) is 4.19. The number of nitrogens with zero attached hydrogens (tertiary/aromatic N) is 2. The van der Waals surface area contributed by atoms with Crippen molar-refractivity contribution in [1.82, 2.24) is 4.72 Å². The molecule has 8 nitrogen and oxygen atoms in total. The molecular weight excluding hydrogens is 454 g/mol. The lowest BCUT2D eigenvalue weighted by atomic mass is 10.1. The maximum Gasteiger partial charge on any atom is 0.280 e. The highest BCUT2D eigenvalue weighted by atomic mass is 32.2. The lowest BCUT2D eigenvalue weighted by molar-refractivity contribution is -0.117. The highest BCUT2D eigenvalue weighted by molar-refractivity contribution is 7.90. The van der Waals surface area contributed by atoms with Gasteiger partial charge in [-0.15, -0.1) is 0 Å². The number of sulfonamides is 1. The average molecular weight is 478 g/mol. The molecule has 174 valence electrons. The molecule has 1 aliphatic rings. The van der Waals surface area contributed by atoms with Crippen LogP contribution in [0.5, 0.6) is 0 Å². The molecule has 1 aromatic heterocycles. The second-order valence-corrected chi connectivity index (χ2v) is 9.70. The van der Waals surface area contributed by atoms with Gasteiger partial charge in [0.25, 0.3) is 15.9 Å². The third kappa shape index (κ3) is 4.55. The van der Waals surface area contributed by atoms with Gasteiger partial charge in [0, 0.05) is 12.5 Å². The summed E-state index contributed by atoms with van der Waals surface area (Å²) in [6, 6.07) is 15.1. The van der Waals surface area contributed by atoms with Crippen LogP contribution in [0.3, 0.4) is 0 Å². The molecule has 0 saturated carbocycles. The van der Waals surface area contributed by atoms with Gasteiger partial charge in [0.05, 0.1) is 21.9 Å². The summed E-state index contributed by atoms with van der Waals surface area (Å²) in [5.41, 5.74) is 4.55. The molecule has 9 heteroatoms. The minimum absolute atomic E-state index is 0.0322. The predicted molar refractivity (Wildman–Crippen MR) is 130 cm³/mol. The summed E-state index contributed by atoms with van der Waals surface area (Å²) in [6.45, 7) is 6.89. The average Bonchev–Trinajstić information content (AvgIpc) is 3.35. The summed E-state index contributed by atoms with van der Waals surface area (Å²) in [5.74, 6) is 0.0570. The lowest BCUT2D eigenvalue weighted by Gasteiger charge is -2.13. The smallest absolute Gasteiger partial charge is 0.280 e. The molecule has 2 aromatic carbocycles. The van der Waals surface area contributed by atoms with Crippen LogP contribution in [0.15, 0.2) is 74.6 Å². The van der Waals surface area contributed by atoms with Crippen LogP contribution in [-0.2, 0) is 19.6 Å². The van der Waals surface area contributed by atoms with E-state index in [1.165, 1.54) is 17.1 Å². The third-order valence-corrected chi connectivity index (χ3v) is 6.89. The van der Waals surface area contributed by atoms with Gasteiger partial charge < -0.3 is 4.42 Å². The van der Waals surface area contributed by atoms with Crippen LogP contribution < -0.4 is 9.73 Å². The molecule has 0 saturated heterocycles. The zero-order valence-corrected chi connectivity index (χ0v) is 19.9. The van der Waals surface area contributed by atoms with Gasteiger partial charge in [-0.25, -0.2) is 13.1 Å². The Balaban J connectivity index is 1.56. The zero-order valence-electron chi connectivity index (χ0n) is 19.1. The molecule has 34 heavy (non-hydrogen) atoms. The van der Waals surface area contributed by atoms with E-state index in [-0.39, 0.29) is 10.8 Å². The van der Waals surface area contributed by atoms with Crippen LogP contribution in [-0.4, -0.2) is 25.9 Å². The Morgan fingerprint density at radius 1 is 1.00 bits per heavy atom. The standard InChI is InChI=1S/C25H23N3O5S/c1-15-5-8-20(13-16(15)2)28-25(30)23(17(3)26-28)14-21-9-12-24(33-21)19-6-10-22(11-7-19)34(31,32)27-18(4)29/h5-14H,1-4H3,(H,27,29)/b23-14-. The van der Waals surface area contributed by atoms with E-state index in [0.717, 1.165) is 18.1 Å². The molecule has 3 aromatic rings. The summed E-state index contributed by atoms with van der Waals surface area (Å²) < 4.78 is 32.0. The highest BCUT2D eigenvalue weighted by Crippen LogP contribution is 2.29. The molecule has 0 aliphatic carbocycles.